The normalized spacial score (nSPS) is 19.6. The molecule has 110 valence electrons. The van der Waals surface area contributed by atoms with Gasteiger partial charge in [0.05, 0.1) is 18.3 Å². The van der Waals surface area contributed by atoms with Gasteiger partial charge in [-0.05, 0) is 56.1 Å². The van der Waals surface area contributed by atoms with Gasteiger partial charge in [0.1, 0.15) is 12.4 Å². The van der Waals surface area contributed by atoms with Gasteiger partial charge in [0.25, 0.3) is 0 Å². The van der Waals surface area contributed by atoms with Crippen LogP contribution in [0.5, 0.6) is 5.75 Å². The lowest BCUT2D eigenvalue weighted by molar-refractivity contribution is 0.121. The molecule has 1 aromatic carbocycles. The Kier molecular flexibility index (Phi) is 4.13. The van der Waals surface area contributed by atoms with Crippen LogP contribution in [0.3, 0.4) is 0 Å². The van der Waals surface area contributed by atoms with Crippen molar-refractivity contribution in [3.8, 4) is 5.75 Å². The Morgan fingerprint density at radius 1 is 1.30 bits per heavy atom. The number of nitrogens with one attached hydrogen (secondary N) is 1. The van der Waals surface area contributed by atoms with E-state index in [2.05, 4.69) is 29.3 Å². The Morgan fingerprint density at radius 2 is 2.05 bits per heavy atom. The van der Waals surface area contributed by atoms with Gasteiger partial charge in [-0.3, -0.25) is 0 Å². The molecule has 2 aliphatic rings. The molecule has 0 aromatic heterocycles. The number of benzene rings is 1. The highest BCUT2D eigenvalue weighted by molar-refractivity contribution is 5.63. The number of hydrogen-bond acceptors (Lipinski definition) is 4. The van der Waals surface area contributed by atoms with Crippen LogP contribution in [-0.2, 0) is 17.6 Å². The van der Waals surface area contributed by atoms with Crippen molar-refractivity contribution in [2.24, 2.45) is 0 Å². The highest BCUT2D eigenvalue weighted by Crippen LogP contribution is 2.35. The van der Waals surface area contributed by atoms with Crippen LogP contribution in [-0.4, -0.2) is 46.0 Å². The zero-order valence-electron chi connectivity index (χ0n) is 12.4. The third-order valence-corrected chi connectivity index (χ3v) is 4.26. The van der Waals surface area contributed by atoms with Crippen LogP contribution in [0.1, 0.15) is 18.1 Å². The molecule has 0 radical (unpaired) electrons. The summed E-state index contributed by atoms with van der Waals surface area (Å²) < 4.78 is 11.3. The van der Waals surface area contributed by atoms with E-state index in [0.717, 1.165) is 51.4 Å². The molecule has 1 atom stereocenters. The third-order valence-electron chi connectivity index (χ3n) is 4.26. The van der Waals surface area contributed by atoms with Crippen LogP contribution in [0.25, 0.3) is 0 Å². The summed E-state index contributed by atoms with van der Waals surface area (Å²) >= 11 is 0. The molecular formula is C16H24N2O2. The van der Waals surface area contributed by atoms with Gasteiger partial charge in [-0.25, -0.2) is 0 Å². The molecule has 0 bridgehead atoms. The SMILES string of the molecule is COC(C)CN1CCOc2cc3c(cc21)CCNCC3. The fourth-order valence-corrected chi connectivity index (χ4v) is 3.01. The van der Waals surface area contributed by atoms with Gasteiger partial charge in [-0.15, -0.1) is 0 Å². The molecule has 1 unspecified atom stereocenters. The van der Waals surface area contributed by atoms with E-state index in [0.29, 0.717) is 0 Å². The summed E-state index contributed by atoms with van der Waals surface area (Å²) in [6.45, 7) is 6.88. The molecule has 3 rings (SSSR count). The lowest BCUT2D eigenvalue weighted by Gasteiger charge is -2.33. The maximum atomic E-state index is 5.87. The average Bonchev–Trinajstić information content (AvgIpc) is 2.70. The number of nitrogens with zero attached hydrogens (tertiary/aromatic N) is 1. The van der Waals surface area contributed by atoms with E-state index in [1.807, 2.05) is 0 Å². The topological polar surface area (TPSA) is 33.7 Å². The van der Waals surface area contributed by atoms with E-state index >= 15 is 0 Å². The van der Waals surface area contributed by atoms with Crippen molar-refractivity contribution >= 4 is 5.69 Å². The number of anilines is 1. The number of methoxy groups -OCH3 is 1. The van der Waals surface area contributed by atoms with Crippen molar-refractivity contribution in [2.45, 2.75) is 25.9 Å². The Balaban J connectivity index is 1.90. The van der Waals surface area contributed by atoms with Crippen LogP contribution in [0.2, 0.25) is 0 Å². The highest BCUT2D eigenvalue weighted by atomic mass is 16.5. The standard InChI is InChI=1S/C16H24N2O2/c1-12(19-2)11-18-7-8-20-16-10-14-4-6-17-5-3-13(14)9-15(16)18/h9-10,12,17H,3-8,11H2,1-2H3. The van der Waals surface area contributed by atoms with E-state index < -0.39 is 0 Å². The van der Waals surface area contributed by atoms with Crippen LogP contribution in [0, 0.1) is 0 Å². The molecule has 2 heterocycles. The highest BCUT2D eigenvalue weighted by Gasteiger charge is 2.22. The van der Waals surface area contributed by atoms with E-state index in [1.165, 1.54) is 16.8 Å². The molecule has 4 heteroatoms. The molecule has 0 amide bonds. The fourth-order valence-electron chi connectivity index (χ4n) is 3.01. The quantitative estimate of drug-likeness (QED) is 0.909. The summed E-state index contributed by atoms with van der Waals surface area (Å²) in [5.41, 5.74) is 4.14. The average molecular weight is 276 g/mol. The minimum absolute atomic E-state index is 0.237. The third kappa shape index (κ3) is 2.76. The zero-order chi connectivity index (χ0) is 13.9. The molecule has 0 spiro atoms. The van der Waals surface area contributed by atoms with Crippen molar-refractivity contribution in [2.75, 3.05) is 44.8 Å². The lowest BCUT2D eigenvalue weighted by atomic mass is 10.0. The summed E-state index contributed by atoms with van der Waals surface area (Å²) in [6, 6.07) is 4.58. The van der Waals surface area contributed by atoms with Gasteiger partial charge in [0.2, 0.25) is 0 Å². The Morgan fingerprint density at radius 3 is 2.80 bits per heavy atom. The Hall–Kier alpha value is -1.26. The fraction of sp³-hybridized carbons (Fsp3) is 0.625. The summed E-state index contributed by atoms with van der Waals surface area (Å²) in [5.74, 6) is 1.04. The monoisotopic (exact) mass is 276 g/mol. The van der Waals surface area contributed by atoms with Gasteiger partial charge in [-0.1, -0.05) is 0 Å². The van der Waals surface area contributed by atoms with Crippen molar-refractivity contribution in [3.63, 3.8) is 0 Å². The second-order valence-corrected chi connectivity index (χ2v) is 5.68. The largest absolute Gasteiger partial charge is 0.490 e. The lowest BCUT2D eigenvalue weighted by Crippen LogP contribution is -2.38. The first-order valence-electron chi connectivity index (χ1n) is 7.55. The summed E-state index contributed by atoms with van der Waals surface area (Å²) in [6.07, 6.45) is 2.44. The van der Waals surface area contributed by atoms with Gasteiger partial charge >= 0.3 is 0 Å². The van der Waals surface area contributed by atoms with Crippen LogP contribution < -0.4 is 15.0 Å². The first-order valence-corrected chi connectivity index (χ1v) is 7.55. The second kappa shape index (κ2) is 6.02. The van der Waals surface area contributed by atoms with Crippen LogP contribution >= 0.6 is 0 Å². The van der Waals surface area contributed by atoms with E-state index in [1.54, 1.807) is 7.11 Å². The molecule has 0 saturated carbocycles. The smallest absolute Gasteiger partial charge is 0.142 e. The Labute approximate surface area is 121 Å². The van der Waals surface area contributed by atoms with Gasteiger partial charge in [0, 0.05) is 13.7 Å². The summed E-state index contributed by atoms with van der Waals surface area (Å²) in [7, 11) is 1.77. The molecule has 1 aromatic rings. The number of ether oxygens (including phenoxy) is 2. The van der Waals surface area contributed by atoms with Crippen molar-refractivity contribution < 1.29 is 9.47 Å². The molecule has 0 aliphatic carbocycles. The number of hydrogen-bond donors (Lipinski definition) is 1. The predicted octanol–water partition coefficient (Wildman–Crippen LogP) is 1.61. The van der Waals surface area contributed by atoms with Crippen molar-refractivity contribution in [1.82, 2.24) is 5.32 Å². The second-order valence-electron chi connectivity index (χ2n) is 5.68. The number of fused-ring (bicyclic) bond motifs is 2. The summed E-state index contributed by atoms with van der Waals surface area (Å²) in [4.78, 5) is 2.39. The van der Waals surface area contributed by atoms with Crippen LogP contribution in [0.15, 0.2) is 12.1 Å². The Bertz CT molecular complexity index is 476. The van der Waals surface area contributed by atoms with Gasteiger partial charge in [-0.2, -0.15) is 0 Å². The number of rotatable bonds is 3. The molecule has 0 fully saturated rings. The van der Waals surface area contributed by atoms with Gasteiger partial charge in [0.15, 0.2) is 0 Å². The van der Waals surface area contributed by atoms with Gasteiger partial charge < -0.3 is 19.7 Å². The molecule has 0 saturated heterocycles. The molecule has 20 heavy (non-hydrogen) atoms. The molecule has 1 N–H and O–H groups in total. The first-order chi connectivity index (χ1) is 9.78. The maximum absolute atomic E-state index is 5.87. The minimum atomic E-state index is 0.237. The molecule has 4 nitrogen and oxygen atoms in total. The first kappa shape index (κ1) is 13.7. The minimum Gasteiger partial charge on any atom is -0.490 e. The van der Waals surface area contributed by atoms with E-state index in [4.69, 9.17) is 9.47 Å². The van der Waals surface area contributed by atoms with Crippen molar-refractivity contribution in [1.29, 1.82) is 0 Å². The van der Waals surface area contributed by atoms with Crippen LogP contribution in [0.4, 0.5) is 5.69 Å². The molecule has 2 aliphatic heterocycles. The van der Waals surface area contributed by atoms with E-state index in [-0.39, 0.29) is 6.10 Å². The van der Waals surface area contributed by atoms with Crippen molar-refractivity contribution in [3.05, 3.63) is 23.3 Å². The van der Waals surface area contributed by atoms with E-state index in [9.17, 15) is 0 Å². The predicted molar refractivity (Wildman–Crippen MR) is 80.9 cm³/mol. The maximum Gasteiger partial charge on any atom is 0.142 e. The molecular weight excluding hydrogens is 252 g/mol. The zero-order valence-corrected chi connectivity index (χ0v) is 12.4. The summed E-state index contributed by atoms with van der Waals surface area (Å²) in [5, 5.41) is 3.46.